The molecule has 0 aromatic heterocycles. The molecule has 0 bridgehead atoms. The van der Waals surface area contributed by atoms with Gasteiger partial charge in [0, 0.05) is 18.9 Å². The molecule has 0 fully saturated rings. The highest BCUT2D eigenvalue weighted by Gasteiger charge is 2.29. The second-order valence-corrected chi connectivity index (χ2v) is 8.53. The van der Waals surface area contributed by atoms with Gasteiger partial charge in [-0.25, -0.2) is 9.18 Å². The molecule has 1 atom stereocenters. The van der Waals surface area contributed by atoms with E-state index in [1.54, 1.807) is 6.92 Å². The van der Waals surface area contributed by atoms with Crippen molar-refractivity contribution in [3.63, 3.8) is 0 Å². The summed E-state index contributed by atoms with van der Waals surface area (Å²) >= 11 is 0. The van der Waals surface area contributed by atoms with Crippen molar-refractivity contribution >= 4 is 23.7 Å². The van der Waals surface area contributed by atoms with Crippen LogP contribution in [0.4, 0.5) is 14.9 Å². The number of hydrogen-bond donors (Lipinski definition) is 3. The van der Waals surface area contributed by atoms with Crippen molar-refractivity contribution in [3.8, 4) is 11.1 Å². The Labute approximate surface area is 201 Å². The monoisotopic (exact) mass is 476 g/mol. The first-order valence-electron chi connectivity index (χ1n) is 11.3. The van der Waals surface area contributed by atoms with Gasteiger partial charge in [-0.05, 0) is 40.3 Å². The Balaban J connectivity index is 1.39. The summed E-state index contributed by atoms with van der Waals surface area (Å²) in [6.45, 7) is 1.82. The molecule has 0 aliphatic heterocycles. The minimum absolute atomic E-state index is 0.0725. The minimum atomic E-state index is -0.979. The number of carbonyl (C=O) groups is 3. The van der Waals surface area contributed by atoms with Crippen LogP contribution in [0, 0.1) is 11.7 Å². The van der Waals surface area contributed by atoms with Gasteiger partial charge in [-0.3, -0.25) is 14.9 Å². The van der Waals surface area contributed by atoms with Crippen LogP contribution in [0.3, 0.4) is 0 Å². The molecule has 0 radical (unpaired) electrons. The van der Waals surface area contributed by atoms with E-state index in [1.165, 1.54) is 18.2 Å². The summed E-state index contributed by atoms with van der Waals surface area (Å²) in [7, 11) is 0. The number of fused-ring (bicyclic) bond motifs is 3. The van der Waals surface area contributed by atoms with Crippen LogP contribution in [0.15, 0.2) is 66.7 Å². The molecule has 2 amide bonds. The molecule has 0 saturated carbocycles. The van der Waals surface area contributed by atoms with E-state index >= 15 is 0 Å². The van der Waals surface area contributed by atoms with Crippen LogP contribution in [0.2, 0.25) is 0 Å². The van der Waals surface area contributed by atoms with Crippen LogP contribution in [0.25, 0.3) is 11.1 Å². The summed E-state index contributed by atoms with van der Waals surface area (Å²) < 4.78 is 20.4. The highest BCUT2D eigenvalue weighted by Crippen LogP contribution is 2.44. The van der Waals surface area contributed by atoms with E-state index < -0.39 is 23.8 Å². The van der Waals surface area contributed by atoms with Gasteiger partial charge in [-0.2, -0.15) is 0 Å². The smallest absolute Gasteiger partial charge is 0.411 e. The van der Waals surface area contributed by atoms with E-state index in [2.05, 4.69) is 10.6 Å². The molecule has 35 heavy (non-hydrogen) atoms. The Bertz CT molecular complexity index is 1230. The number of nitrogens with one attached hydrogen (secondary N) is 2. The molecule has 4 rings (SSSR count). The Morgan fingerprint density at radius 1 is 0.971 bits per heavy atom. The number of carboxylic acid groups (broad SMARTS) is 1. The predicted molar refractivity (Wildman–Crippen MR) is 129 cm³/mol. The summed E-state index contributed by atoms with van der Waals surface area (Å²) in [6.07, 6.45) is -0.954. The number of benzene rings is 3. The molecule has 0 heterocycles. The SMILES string of the molecule is CC(CNC(=O)c1cccc(NC(=O)OCC2c3ccccc3-c3ccccc32)c1F)CC(=O)O. The van der Waals surface area contributed by atoms with Gasteiger partial charge in [0.2, 0.25) is 0 Å². The summed E-state index contributed by atoms with van der Waals surface area (Å²) in [4.78, 5) is 35.6. The van der Waals surface area contributed by atoms with Crippen molar-refractivity contribution in [1.29, 1.82) is 0 Å². The fourth-order valence-corrected chi connectivity index (χ4v) is 4.28. The van der Waals surface area contributed by atoms with Gasteiger partial charge in [0.1, 0.15) is 6.61 Å². The highest BCUT2D eigenvalue weighted by atomic mass is 19.1. The van der Waals surface area contributed by atoms with Crippen molar-refractivity contribution in [2.75, 3.05) is 18.5 Å². The van der Waals surface area contributed by atoms with Crippen LogP contribution in [0.5, 0.6) is 0 Å². The van der Waals surface area contributed by atoms with Crippen molar-refractivity contribution in [2.45, 2.75) is 19.3 Å². The second-order valence-electron chi connectivity index (χ2n) is 8.53. The molecule has 3 aromatic rings. The minimum Gasteiger partial charge on any atom is -0.481 e. The first-order valence-corrected chi connectivity index (χ1v) is 11.3. The van der Waals surface area contributed by atoms with Crippen LogP contribution < -0.4 is 10.6 Å². The van der Waals surface area contributed by atoms with E-state index in [9.17, 15) is 18.8 Å². The van der Waals surface area contributed by atoms with E-state index in [1.807, 2.05) is 48.5 Å². The van der Waals surface area contributed by atoms with Crippen molar-refractivity contribution in [1.82, 2.24) is 5.32 Å². The Morgan fingerprint density at radius 2 is 1.60 bits per heavy atom. The molecule has 1 aliphatic rings. The average molecular weight is 477 g/mol. The van der Waals surface area contributed by atoms with E-state index in [4.69, 9.17) is 9.84 Å². The van der Waals surface area contributed by atoms with E-state index in [-0.39, 0.29) is 42.7 Å². The standard InChI is InChI=1S/C27H25FN2O5/c1-16(13-24(31)32)14-29-26(33)21-11-6-12-23(25(21)28)30-27(34)35-15-22-19-9-4-2-7-17(19)18-8-3-5-10-20(18)22/h2-12,16,22H,13-15H2,1H3,(H,29,33)(H,30,34)(H,31,32). The Morgan fingerprint density at radius 3 is 2.23 bits per heavy atom. The number of halogens is 1. The third-order valence-electron chi connectivity index (χ3n) is 5.96. The summed E-state index contributed by atoms with van der Waals surface area (Å²) in [6, 6.07) is 19.9. The summed E-state index contributed by atoms with van der Waals surface area (Å²) in [5, 5.41) is 13.7. The molecule has 180 valence electrons. The number of carbonyl (C=O) groups excluding carboxylic acids is 2. The van der Waals surface area contributed by atoms with Crippen molar-refractivity contribution < 1.29 is 28.6 Å². The number of anilines is 1. The number of carboxylic acids is 1. The largest absolute Gasteiger partial charge is 0.481 e. The van der Waals surface area contributed by atoms with Gasteiger partial charge in [-0.15, -0.1) is 0 Å². The topological polar surface area (TPSA) is 105 Å². The lowest BCUT2D eigenvalue weighted by Crippen LogP contribution is -2.30. The lowest BCUT2D eigenvalue weighted by Gasteiger charge is -2.15. The van der Waals surface area contributed by atoms with Crippen LogP contribution >= 0.6 is 0 Å². The maximum absolute atomic E-state index is 14.9. The third-order valence-corrected chi connectivity index (χ3v) is 5.96. The molecule has 8 heteroatoms. The van der Waals surface area contributed by atoms with E-state index in [0.717, 1.165) is 22.3 Å². The van der Waals surface area contributed by atoms with Crippen LogP contribution in [-0.4, -0.2) is 36.2 Å². The molecular weight excluding hydrogens is 451 g/mol. The molecule has 0 spiro atoms. The Kier molecular flexibility index (Phi) is 7.10. The molecular formula is C27H25FN2O5. The second kappa shape index (κ2) is 10.4. The maximum Gasteiger partial charge on any atom is 0.411 e. The zero-order valence-corrected chi connectivity index (χ0v) is 19.1. The molecule has 3 aromatic carbocycles. The molecule has 0 saturated heterocycles. The normalized spacial score (nSPS) is 12.9. The first kappa shape index (κ1) is 23.9. The zero-order valence-electron chi connectivity index (χ0n) is 19.1. The number of rotatable bonds is 8. The van der Waals surface area contributed by atoms with Gasteiger partial charge >= 0.3 is 12.1 Å². The molecule has 1 unspecified atom stereocenters. The first-order chi connectivity index (χ1) is 16.8. The van der Waals surface area contributed by atoms with Gasteiger partial charge < -0.3 is 15.2 Å². The van der Waals surface area contributed by atoms with Crippen molar-refractivity contribution in [2.24, 2.45) is 5.92 Å². The molecule has 1 aliphatic carbocycles. The number of ether oxygens (including phenoxy) is 1. The quantitative estimate of drug-likeness (QED) is 0.423. The molecule has 7 nitrogen and oxygen atoms in total. The third kappa shape index (κ3) is 5.32. The van der Waals surface area contributed by atoms with Crippen molar-refractivity contribution in [3.05, 3.63) is 89.2 Å². The fourth-order valence-electron chi connectivity index (χ4n) is 4.28. The number of hydrogen-bond acceptors (Lipinski definition) is 4. The van der Waals surface area contributed by atoms with Gasteiger partial charge in [0.15, 0.2) is 5.82 Å². The lowest BCUT2D eigenvalue weighted by atomic mass is 9.98. The molecule has 3 N–H and O–H groups in total. The fraction of sp³-hybridized carbons (Fsp3) is 0.222. The Hall–Kier alpha value is -4.20. The lowest BCUT2D eigenvalue weighted by molar-refractivity contribution is -0.137. The zero-order chi connectivity index (χ0) is 24.9. The van der Waals surface area contributed by atoms with E-state index in [0.29, 0.717) is 0 Å². The predicted octanol–water partition coefficient (Wildman–Crippen LogP) is 5.03. The highest BCUT2D eigenvalue weighted by molar-refractivity contribution is 5.96. The summed E-state index contributed by atoms with van der Waals surface area (Å²) in [5.74, 6) is -3.03. The van der Waals surface area contributed by atoms with Gasteiger partial charge in [0.05, 0.1) is 11.3 Å². The average Bonchev–Trinajstić information content (AvgIpc) is 3.16. The van der Waals surface area contributed by atoms with Crippen LogP contribution in [0.1, 0.15) is 40.7 Å². The summed E-state index contributed by atoms with van der Waals surface area (Å²) in [5.41, 5.74) is 3.86. The maximum atomic E-state index is 14.9. The number of amides is 2. The van der Waals surface area contributed by atoms with Crippen LogP contribution in [-0.2, 0) is 9.53 Å². The van der Waals surface area contributed by atoms with Gasteiger partial charge in [0.25, 0.3) is 5.91 Å². The number of aliphatic carboxylic acids is 1. The van der Waals surface area contributed by atoms with Gasteiger partial charge in [-0.1, -0.05) is 61.5 Å².